The molecule has 2 aliphatic heterocycles. The van der Waals surface area contributed by atoms with Crippen LogP contribution in [0.3, 0.4) is 0 Å². The summed E-state index contributed by atoms with van der Waals surface area (Å²) in [7, 11) is 0. The van der Waals surface area contributed by atoms with Gasteiger partial charge in [-0.15, -0.1) is 0 Å². The van der Waals surface area contributed by atoms with Crippen molar-refractivity contribution in [3.8, 4) is 0 Å². The van der Waals surface area contributed by atoms with Gasteiger partial charge >= 0.3 is 11.9 Å². The minimum atomic E-state index is -1.00. The van der Waals surface area contributed by atoms with E-state index in [9.17, 15) is 20.0 Å². The molecule has 4 aliphatic rings. The summed E-state index contributed by atoms with van der Waals surface area (Å²) in [6.07, 6.45) is 8.35. The summed E-state index contributed by atoms with van der Waals surface area (Å²) < 4.78 is 11.0. The molecule has 7 nitrogen and oxygen atoms in total. The van der Waals surface area contributed by atoms with Crippen molar-refractivity contribution < 1.29 is 34.3 Å². The lowest BCUT2D eigenvalue weighted by atomic mass is 9.44. The van der Waals surface area contributed by atoms with E-state index in [0.29, 0.717) is 19.3 Å². The van der Waals surface area contributed by atoms with Crippen molar-refractivity contribution in [3.63, 3.8) is 0 Å². The Morgan fingerprint density at radius 1 is 1.25 bits per heavy atom. The van der Waals surface area contributed by atoms with Gasteiger partial charge in [-0.3, -0.25) is 10.1 Å². The molecule has 0 amide bonds. The van der Waals surface area contributed by atoms with E-state index in [-0.39, 0.29) is 35.3 Å². The minimum Gasteiger partial charge on any atom is -0.461 e. The second-order valence-electron chi connectivity index (χ2n) is 11.4. The number of hydrogen-bond donors (Lipinski definition) is 2. The first-order chi connectivity index (χ1) is 14.8. The van der Waals surface area contributed by atoms with Gasteiger partial charge in [-0.2, -0.15) is 0 Å². The third-order valence-corrected chi connectivity index (χ3v) is 8.87. The standard InChI is InChI=1S/C25H36O7/c1-15-13-19(26)30-16(15)7-11-22(2,32-29)12-8-18-23(3)9-6-10-24(4)20(23)17(31-21(24)27)14-25(18,5)28/h7,11,13,16-18,20,28-29H,6,8-10,12,14H2,1-5H3/b11-7+/t16?,17-,18+,20+,22-,23+,24+,25+/m0/s1. The van der Waals surface area contributed by atoms with Gasteiger partial charge in [-0.25, -0.2) is 9.68 Å². The van der Waals surface area contributed by atoms with Crippen LogP contribution in [-0.4, -0.2) is 45.7 Å². The number of carbonyl (C=O) groups excluding carboxylic acids is 2. The number of cyclic esters (lactones) is 1. The second-order valence-corrected chi connectivity index (χ2v) is 11.4. The van der Waals surface area contributed by atoms with Crippen molar-refractivity contribution in [2.75, 3.05) is 0 Å². The molecule has 1 unspecified atom stereocenters. The van der Waals surface area contributed by atoms with Crippen LogP contribution in [-0.2, 0) is 24.0 Å². The molecule has 4 rings (SSSR count). The van der Waals surface area contributed by atoms with E-state index in [1.807, 2.05) is 20.8 Å². The Hall–Kier alpha value is -1.70. The van der Waals surface area contributed by atoms with Gasteiger partial charge < -0.3 is 14.6 Å². The monoisotopic (exact) mass is 448 g/mol. The van der Waals surface area contributed by atoms with Gasteiger partial charge in [0.25, 0.3) is 0 Å². The molecule has 2 N–H and O–H groups in total. The molecule has 3 fully saturated rings. The zero-order valence-corrected chi connectivity index (χ0v) is 19.7. The smallest absolute Gasteiger partial charge is 0.331 e. The first-order valence-electron chi connectivity index (χ1n) is 11.7. The molecular formula is C25H36O7. The SMILES string of the molecule is CC1=CC(=O)OC1/C=C/[C@@](C)(CC[C@@H]1[C@@]2(C)CCC[C@@]3(C)C(=O)O[C@@H](C[C@@]1(C)O)[C@H]23)OO. The third kappa shape index (κ3) is 3.62. The van der Waals surface area contributed by atoms with E-state index in [2.05, 4.69) is 6.92 Å². The molecule has 2 saturated carbocycles. The molecule has 1 saturated heterocycles. The molecule has 0 spiro atoms. The molecule has 7 heteroatoms. The predicted molar refractivity (Wildman–Crippen MR) is 116 cm³/mol. The highest BCUT2D eigenvalue weighted by Crippen LogP contribution is 2.66. The highest BCUT2D eigenvalue weighted by molar-refractivity contribution is 5.86. The van der Waals surface area contributed by atoms with Crippen LogP contribution in [0.5, 0.6) is 0 Å². The van der Waals surface area contributed by atoms with E-state index >= 15 is 0 Å². The number of aliphatic hydroxyl groups is 1. The summed E-state index contributed by atoms with van der Waals surface area (Å²) in [4.78, 5) is 29.1. The van der Waals surface area contributed by atoms with Crippen molar-refractivity contribution >= 4 is 11.9 Å². The number of hydrogen-bond acceptors (Lipinski definition) is 7. The van der Waals surface area contributed by atoms with Crippen molar-refractivity contribution in [3.05, 3.63) is 23.8 Å². The second kappa shape index (κ2) is 7.67. The zero-order valence-electron chi connectivity index (χ0n) is 19.7. The van der Waals surface area contributed by atoms with Gasteiger partial charge in [0.1, 0.15) is 17.8 Å². The highest BCUT2D eigenvalue weighted by atomic mass is 17.1. The van der Waals surface area contributed by atoms with Crippen molar-refractivity contribution in [1.29, 1.82) is 0 Å². The Bertz CT molecular complexity index is 860. The molecule has 2 aliphatic carbocycles. The Morgan fingerprint density at radius 3 is 2.59 bits per heavy atom. The number of rotatable bonds is 6. The van der Waals surface area contributed by atoms with E-state index in [1.165, 1.54) is 6.08 Å². The molecule has 0 aromatic rings. The largest absolute Gasteiger partial charge is 0.461 e. The Morgan fingerprint density at radius 2 is 1.97 bits per heavy atom. The van der Waals surface area contributed by atoms with Gasteiger partial charge in [0.2, 0.25) is 0 Å². The topological polar surface area (TPSA) is 102 Å². The third-order valence-electron chi connectivity index (χ3n) is 8.87. The maximum absolute atomic E-state index is 12.8. The van der Waals surface area contributed by atoms with E-state index in [1.54, 1.807) is 19.1 Å². The lowest BCUT2D eigenvalue weighted by Crippen LogP contribution is -2.61. The minimum absolute atomic E-state index is 0.0732. The van der Waals surface area contributed by atoms with E-state index in [4.69, 9.17) is 14.4 Å². The van der Waals surface area contributed by atoms with Crippen LogP contribution >= 0.6 is 0 Å². The summed E-state index contributed by atoms with van der Waals surface area (Å²) in [6.45, 7) is 9.66. The predicted octanol–water partition coefficient (Wildman–Crippen LogP) is 3.95. The van der Waals surface area contributed by atoms with E-state index in [0.717, 1.165) is 24.8 Å². The summed E-state index contributed by atoms with van der Waals surface area (Å²) in [5, 5.41) is 21.2. The quantitative estimate of drug-likeness (QED) is 0.274. The van der Waals surface area contributed by atoms with Crippen molar-refractivity contribution in [2.24, 2.45) is 22.7 Å². The Balaban J connectivity index is 1.55. The van der Waals surface area contributed by atoms with Crippen LogP contribution in [0.25, 0.3) is 0 Å². The molecule has 2 heterocycles. The molecule has 0 radical (unpaired) electrons. The molecule has 0 aromatic carbocycles. The molecular weight excluding hydrogens is 412 g/mol. The zero-order chi connectivity index (χ0) is 23.5. The summed E-state index contributed by atoms with van der Waals surface area (Å²) in [6, 6.07) is 0. The van der Waals surface area contributed by atoms with Crippen LogP contribution in [0.1, 0.15) is 73.1 Å². The fourth-order valence-electron chi connectivity index (χ4n) is 7.32. The van der Waals surface area contributed by atoms with E-state index < -0.39 is 22.7 Å². The van der Waals surface area contributed by atoms with Crippen LogP contribution in [0.4, 0.5) is 0 Å². The van der Waals surface area contributed by atoms with Crippen LogP contribution in [0.2, 0.25) is 0 Å². The summed E-state index contributed by atoms with van der Waals surface area (Å²) >= 11 is 0. The lowest BCUT2D eigenvalue weighted by molar-refractivity contribution is -0.306. The van der Waals surface area contributed by atoms with Crippen molar-refractivity contribution in [2.45, 2.75) is 96.6 Å². The molecule has 0 bridgehead atoms. The molecule has 0 aromatic heterocycles. The van der Waals surface area contributed by atoms with Gasteiger partial charge in [-0.1, -0.05) is 13.3 Å². The molecule has 32 heavy (non-hydrogen) atoms. The fraction of sp³-hybridized carbons (Fsp3) is 0.760. The fourth-order valence-corrected chi connectivity index (χ4v) is 7.32. The van der Waals surface area contributed by atoms with Gasteiger partial charge in [0.15, 0.2) is 0 Å². The maximum atomic E-state index is 12.8. The number of carbonyl (C=O) groups is 2. The summed E-state index contributed by atoms with van der Waals surface area (Å²) in [5.74, 6) is -0.516. The van der Waals surface area contributed by atoms with Gasteiger partial charge in [0.05, 0.1) is 11.0 Å². The van der Waals surface area contributed by atoms with Crippen LogP contribution in [0.15, 0.2) is 23.8 Å². The van der Waals surface area contributed by atoms with Crippen LogP contribution < -0.4 is 0 Å². The van der Waals surface area contributed by atoms with Gasteiger partial charge in [-0.05, 0) is 82.4 Å². The Kier molecular flexibility index (Phi) is 5.63. The highest BCUT2D eigenvalue weighted by Gasteiger charge is 2.69. The Labute approximate surface area is 189 Å². The first-order valence-corrected chi connectivity index (χ1v) is 11.7. The lowest BCUT2D eigenvalue weighted by Gasteiger charge is -2.59. The normalized spacial score (nSPS) is 45.3. The first kappa shape index (κ1) is 23.5. The average molecular weight is 449 g/mol. The number of esters is 2. The maximum Gasteiger partial charge on any atom is 0.331 e. The number of ether oxygens (including phenoxy) is 2. The van der Waals surface area contributed by atoms with Crippen molar-refractivity contribution in [1.82, 2.24) is 0 Å². The average Bonchev–Trinajstić information content (AvgIpc) is 3.14. The van der Waals surface area contributed by atoms with Crippen LogP contribution in [0, 0.1) is 22.7 Å². The molecule has 8 atom stereocenters. The van der Waals surface area contributed by atoms with Gasteiger partial charge in [0, 0.05) is 18.4 Å². The summed E-state index contributed by atoms with van der Waals surface area (Å²) in [5.41, 5.74) is -1.96. The molecule has 178 valence electrons.